The van der Waals surface area contributed by atoms with Crippen molar-refractivity contribution in [1.29, 1.82) is 0 Å². The summed E-state index contributed by atoms with van der Waals surface area (Å²) < 4.78 is 10.7. The fraction of sp³-hybridized carbons (Fsp3) is 0.190. The predicted octanol–water partition coefficient (Wildman–Crippen LogP) is 4.66. The lowest BCUT2D eigenvalue weighted by atomic mass is 10.1. The molecule has 128 valence electrons. The van der Waals surface area contributed by atoms with Crippen LogP contribution < -0.4 is 10.1 Å². The van der Waals surface area contributed by atoms with E-state index in [0.29, 0.717) is 12.1 Å². The minimum absolute atomic E-state index is 0.102. The van der Waals surface area contributed by atoms with Gasteiger partial charge < -0.3 is 14.5 Å². The molecule has 1 N–H and O–H groups in total. The first-order valence-corrected chi connectivity index (χ1v) is 8.28. The topological polar surface area (TPSA) is 51.5 Å². The van der Waals surface area contributed by atoms with Crippen LogP contribution in [-0.4, -0.2) is 12.0 Å². The van der Waals surface area contributed by atoms with E-state index in [1.807, 2.05) is 56.3 Å². The van der Waals surface area contributed by atoms with Crippen LogP contribution in [0.25, 0.3) is 11.1 Å². The molecular formula is C21H21NO3. The van der Waals surface area contributed by atoms with Gasteiger partial charge in [0.05, 0.1) is 18.6 Å². The number of carbonyl (C=O) groups excluding carboxylic acids is 1. The molecule has 3 aromatic rings. The van der Waals surface area contributed by atoms with Crippen molar-refractivity contribution in [3.63, 3.8) is 0 Å². The monoisotopic (exact) mass is 335 g/mol. The maximum absolute atomic E-state index is 12.2. The first-order chi connectivity index (χ1) is 12.1. The van der Waals surface area contributed by atoms with E-state index in [-0.39, 0.29) is 12.0 Å². The standard InChI is InChI=1S/C21H21NO3/c1-15(2)25-20-9-7-18(8-10-20)21(23)22-13-16-3-5-17(6-4-16)19-11-12-24-14-19/h3-12,14-15H,13H2,1-2H3,(H,22,23). The third-order valence-electron chi connectivity index (χ3n) is 3.75. The van der Waals surface area contributed by atoms with E-state index < -0.39 is 0 Å². The van der Waals surface area contributed by atoms with Crippen molar-refractivity contribution < 1.29 is 13.9 Å². The third kappa shape index (κ3) is 4.51. The number of furan rings is 1. The van der Waals surface area contributed by atoms with Gasteiger partial charge in [0, 0.05) is 17.7 Å². The van der Waals surface area contributed by atoms with Crippen molar-refractivity contribution in [2.45, 2.75) is 26.5 Å². The molecule has 0 saturated heterocycles. The van der Waals surface area contributed by atoms with Crippen molar-refractivity contribution in [3.05, 3.63) is 78.3 Å². The molecule has 0 spiro atoms. The highest BCUT2D eigenvalue weighted by Gasteiger charge is 2.06. The van der Waals surface area contributed by atoms with Gasteiger partial charge in [0.1, 0.15) is 5.75 Å². The highest BCUT2D eigenvalue weighted by atomic mass is 16.5. The summed E-state index contributed by atoms with van der Waals surface area (Å²) in [5.41, 5.74) is 3.79. The van der Waals surface area contributed by atoms with Crippen LogP contribution in [0.3, 0.4) is 0 Å². The van der Waals surface area contributed by atoms with E-state index >= 15 is 0 Å². The van der Waals surface area contributed by atoms with Gasteiger partial charge in [-0.05, 0) is 55.3 Å². The summed E-state index contributed by atoms with van der Waals surface area (Å²) in [6.45, 7) is 4.42. The molecule has 1 amide bonds. The summed E-state index contributed by atoms with van der Waals surface area (Å²) in [6, 6.07) is 17.1. The SMILES string of the molecule is CC(C)Oc1ccc(C(=O)NCc2ccc(-c3ccoc3)cc2)cc1. The van der Waals surface area contributed by atoms with E-state index in [4.69, 9.17) is 9.15 Å². The van der Waals surface area contributed by atoms with Gasteiger partial charge in [-0.2, -0.15) is 0 Å². The Morgan fingerprint density at radius 1 is 1.00 bits per heavy atom. The molecule has 0 bridgehead atoms. The van der Waals surface area contributed by atoms with Crippen LogP contribution >= 0.6 is 0 Å². The van der Waals surface area contributed by atoms with Crippen molar-refractivity contribution >= 4 is 5.91 Å². The van der Waals surface area contributed by atoms with Crippen LogP contribution in [-0.2, 0) is 6.54 Å². The fourth-order valence-corrected chi connectivity index (χ4v) is 2.49. The van der Waals surface area contributed by atoms with Crippen LogP contribution in [0.2, 0.25) is 0 Å². The van der Waals surface area contributed by atoms with Gasteiger partial charge in [0.25, 0.3) is 5.91 Å². The Labute approximate surface area is 147 Å². The number of hydrogen-bond acceptors (Lipinski definition) is 3. The van der Waals surface area contributed by atoms with Gasteiger partial charge in [-0.25, -0.2) is 0 Å². The number of amides is 1. The van der Waals surface area contributed by atoms with Gasteiger partial charge in [0.15, 0.2) is 0 Å². The molecule has 4 heteroatoms. The van der Waals surface area contributed by atoms with E-state index in [0.717, 1.165) is 22.4 Å². The predicted molar refractivity (Wildman–Crippen MR) is 97.5 cm³/mol. The zero-order valence-electron chi connectivity index (χ0n) is 14.4. The lowest BCUT2D eigenvalue weighted by Gasteiger charge is -2.10. The average molecular weight is 335 g/mol. The minimum atomic E-state index is -0.102. The van der Waals surface area contributed by atoms with E-state index in [1.165, 1.54) is 0 Å². The molecule has 1 heterocycles. The van der Waals surface area contributed by atoms with Crippen molar-refractivity contribution in [3.8, 4) is 16.9 Å². The van der Waals surface area contributed by atoms with Crippen molar-refractivity contribution in [1.82, 2.24) is 5.32 Å². The third-order valence-corrected chi connectivity index (χ3v) is 3.75. The Bertz CT molecular complexity index is 803. The minimum Gasteiger partial charge on any atom is -0.491 e. The molecule has 1 aromatic heterocycles. The van der Waals surface area contributed by atoms with Crippen molar-refractivity contribution in [2.24, 2.45) is 0 Å². The molecule has 0 aliphatic heterocycles. The van der Waals surface area contributed by atoms with E-state index in [9.17, 15) is 4.79 Å². The first-order valence-electron chi connectivity index (χ1n) is 8.28. The molecule has 0 unspecified atom stereocenters. The first kappa shape index (κ1) is 16.8. The summed E-state index contributed by atoms with van der Waals surface area (Å²) >= 11 is 0. The van der Waals surface area contributed by atoms with Gasteiger partial charge in [-0.3, -0.25) is 4.79 Å². The molecule has 0 aliphatic carbocycles. The summed E-state index contributed by atoms with van der Waals surface area (Å²) in [6.07, 6.45) is 3.48. The highest BCUT2D eigenvalue weighted by molar-refractivity contribution is 5.94. The Kier molecular flexibility index (Phi) is 5.19. The van der Waals surface area contributed by atoms with Crippen molar-refractivity contribution in [2.75, 3.05) is 0 Å². The Morgan fingerprint density at radius 2 is 1.72 bits per heavy atom. The number of ether oxygens (including phenoxy) is 1. The number of nitrogens with one attached hydrogen (secondary N) is 1. The number of benzene rings is 2. The molecule has 0 aliphatic rings. The van der Waals surface area contributed by atoms with Crippen LogP contribution in [0.1, 0.15) is 29.8 Å². The Morgan fingerprint density at radius 3 is 2.32 bits per heavy atom. The molecule has 0 saturated carbocycles. The molecule has 4 nitrogen and oxygen atoms in total. The lowest BCUT2D eigenvalue weighted by molar-refractivity contribution is 0.0951. The molecule has 0 fully saturated rings. The molecule has 25 heavy (non-hydrogen) atoms. The van der Waals surface area contributed by atoms with Crippen LogP contribution in [0.4, 0.5) is 0 Å². The summed E-state index contributed by atoms with van der Waals surface area (Å²) in [5.74, 6) is 0.663. The molecule has 3 rings (SSSR count). The van der Waals surface area contributed by atoms with Crippen LogP contribution in [0.15, 0.2) is 71.5 Å². The molecular weight excluding hydrogens is 314 g/mol. The van der Waals surface area contributed by atoms with Gasteiger partial charge in [-0.1, -0.05) is 24.3 Å². The fourth-order valence-electron chi connectivity index (χ4n) is 2.49. The second-order valence-electron chi connectivity index (χ2n) is 6.08. The number of rotatable bonds is 6. The summed E-state index contributed by atoms with van der Waals surface area (Å²) in [7, 11) is 0. The van der Waals surface area contributed by atoms with Crippen LogP contribution in [0, 0.1) is 0 Å². The van der Waals surface area contributed by atoms with Gasteiger partial charge >= 0.3 is 0 Å². The normalized spacial score (nSPS) is 10.7. The molecule has 0 atom stereocenters. The lowest BCUT2D eigenvalue weighted by Crippen LogP contribution is -2.22. The van der Waals surface area contributed by atoms with E-state index in [2.05, 4.69) is 5.32 Å². The molecule has 2 aromatic carbocycles. The smallest absolute Gasteiger partial charge is 0.251 e. The Balaban J connectivity index is 1.56. The Hall–Kier alpha value is -3.01. The molecule has 0 radical (unpaired) electrons. The average Bonchev–Trinajstić information content (AvgIpc) is 3.15. The number of carbonyl (C=O) groups is 1. The van der Waals surface area contributed by atoms with E-state index in [1.54, 1.807) is 24.7 Å². The zero-order valence-corrected chi connectivity index (χ0v) is 14.4. The maximum atomic E-state index is 12.2. The highest BCUT2D eigenvalue weighted by Crippen LogP contribution is 2.20. The van der Waals surface area contributed by atoms with Gasteiger partial charge in [0.2, 0.25) is 0 Å². The quantitative estimate of drug-likeness (QED) is 0.712. The second-order valence-corrected chi connectivity index (χ2v) is 6.08. The van der Waals surface area contributed by atoms with Crippen LogP contribution in [0.5, 0.6) is 5.75 Å². The number of hydrogen-bond donors (Lipinski definition) is 1. The second kappa shape index (κ2) is 7.71. The zero-order chi connectivity index (χ0) is 17.6. The van der Waals surface area contributed by atoms with Gasteiger partial charge in [-0.15, -0.1) is 0 Å². The maximum Gasteiger partial charge on any atom is 0.251 e. The summed E-state index contributed by atoms with van der Waals surface area (Å²) in [4.78, 5) is 12.2. The largest absolute Gasteiger partial charge is 0.491 e. The summed E-state index contributed by atoms with van der Waals surface area (Å²) in [5, 5.41) is 2.93.